The zero-order chi connectivity index (χ0) is 23.8. The van der Waals surface area contributed by atoms with Gasteiger partial charge < -0.3 is 0 Å². The van der Waals surface area contributed by atoms with Gasteiger partial charge in [-0.05, 0) is 59.8 Å². The van der Waals surface area contributed by atoms with Crippen LogP contribution in [-0.4, -0.2) is 60.2 Å². The summed E-state index contributed by atoms with van der Waals surface area (Å²) in [6, 6.07) is 10.6. The third kappa shape index (κ3) is 4.84. The lowest BCUT2D eigenvalue weighted by Crippen LogP contribution is -2.47. The molecule has 178 valence electrons. The molecule has 0 spiro atoms. The summed E-state index contributed by atoms with van der Waals surface area (Å²) in [7, 11) is 1.83. The van der Waals surface area contributed by atoms with Crippen LogP contribution in [0.5, 0.6) is 0 Å². The first-order valence-corrected chi connectivity index (χ1v) is 12.5. The van der Waals surface area contributed by atoms with E-state index in [0.717, 1.165) is 53.4 Å². The van der Waals surface area contributed by atoms with E-state index in [2.05, 4.69) is 44.4 Å². The van der Waals surface area contributed by atoms with E-state index in [1.54, 1.807) is 39.8 Å². The van der Waals surface area contributed by atoms with Crippen molar-refractivity contribution in [3.05, 3.63) is 65.2 Å². The second-order valence-corrected chi connectivity index (χ2v) is 10.5. The summed E-state index contributed by atoms with van der Waals surface area (Å²) in [5.41, 5.74) is 2.79. The van der Waals surface area contributed by atoms with Gasteiger partial charge in [-0.2, -0.15) is 15.0 Å². The fraction of sp³-hybridized carbons (Fsp3) is 0.375. The summed E-state index contributed by atoms with van der Waals surface area (Å²) < 4.78 is 17.5. The van der Waals surface area contributed by atoms with Crippen molar-refractivity contribution in [2.75, 3.05) is 26.2 Å². The lowest BCUT2D eigenvalue weighted by Gasteiger charge is -2.42. The Hall–Kier alpha value is -2.46. The fourth-order valence-electron chi connectivity index (χ4n) is 4.47. The van der Waals surface area contributed by atoms with Crippen molar-refractivity contribution in [2.45, 2.75) is 24.9 Å². The smallest absolute Gasteiger partial charge is 0.153 e. The molecule has 5 rings (SSSR count). The van der Waals surface area contributed by atoms with Crippen LogP contribution in [0.2, 0.25) is 5.02 Å². The highest BCUT2D eigenvalue weighted by Crippen LogP contribution is 2.37. The average molecular weight is 500 g/mol. The molecule has 1 fully saturated rings. The molecule has 0 amide bonds. The molecule has 7 nitrogen and oxygen atoms in total. The van der Waals surface area contributed by atoms with Crippen LogP contribution in [-0.2, 0) is 7.05 Å². The fourth-order valence-corrected chi connectivity index (χ4v) is 5.66. The van der Waals surface area contributed by atoms with Crippen molar-refractivity contribution in [3.63, 3.8) is 0 Å². The van der Waals surface area contributed by atoms with Crippen molar-refractivity contribution in [3.8, 4) is 5.69 Å². The Kier molecular flexibility index (Phi) is 6.61. The Labute approximate surface area is 207 Å². The van der Waals surface area contributed by atoms with E-state index in [4.69, 9.17) is 11.6 Å². The topological polar surface area (TPSA) is 55.0 Å². The number of hydrogen-bond acceptors (Lipinski definition) is 6. The highest BCUT2D eigenvalue weighted by atomic mass is 35.5. The van der Waals surface area contributed by atoms with Crippen LogP contribution in [0.25, 0.3) is 16.6 Å². The molecule has 34 heavy (non-hydrogen) atoms. The maximum Gasteiger partial charge on any atom is 0.153 e. The molecule has 1 aliphatic rings. The van der Waals surface area contributed by atoms with Gasteiger partial charge in [-0.25, -0.2) is 13.4 Å². The number of nitrogens with zero attached hydrogens (tertiary/aromatic N) is 7. The van der Waals surface area contributed by atoms with Crippen LogP contribution >= 0.6 is 23.5 Å². The van der Waals surface area contributed by atoms with Crippen LogP contribution in [0, 0.1) is 11.7 Å². The van der Waals surface area contributed by atoms with Gasteiger partial charge in [0.25, 0.3) is 0 Å². The van der Waals surface area contributed by atoms with Gasteiger partial charge in [0.1, 0.15) is 5.82 Å². The van der Waals surface area contributed by atoms with Crippen molar-refractivity contribution in [1.29, 1.82) is 0 Å². The van der Waals surface area contributed by atoms with E-state index >= 15 is 0 Å². The van der Waals surface area contributed by atoms with E-state index < -0.39 is 0 Å². The normalized spacial score (nSPS) is 17.8. The maximum absolute atomic E-state index is 13.4. The Morgan fingerprint density at radius 3 is 2.62 bits per heavy atom. The van der Waals surface area contributed by atoms with Crippen molar-refractivity contribution in [2.24, 2.45) is 13.0 Å². The molecule has 2 aromatic heterocycles. The van der Waals surface area contributed by atoms with Gasteiger partial charge in [-0.3, -0.25) is 4.90 Å². The average Bonchev–Trinajstić information content (AvgIpc) is 3.40. The van der Waals surface area contributed by atoms with Gasteiger partial charge in [0.05, 0.1) is 23.6 Å². The van der Waals surface area contributed by atoms with Crippen LogP contribution in [0.4, 0.5) is 4.39 Å². The lowest BCUT2D eigenvalue weighted by atomic mass is 10.00. The molecular formula is C24H27ClFN7S. The van der Waals surface area contributed by atoms with E-state index in [0.29, 0.717) is 10.9 Å². The highest BCUT2D eigenvalue weighted by molar-refractivity contribution is 7.97. The molecule has 1 saturated heterocycles. The number of rotatable bonds is 6. The summed E-state index contributed by atoms with van der Waals surface area (Å²) in [4.78, 5) is 4.11. The number of fused-ring (bicyclic) bond motifs is 1. The second-order valence-electron chi connectivity index (χ2n) is 9.02. The number of aryl methyl sites for hydroxylation is 1. The molecule has 0 saturated carbocycles. The van der Waals surface area contributed by atoms with Crippen LogP contribution in [0.3, 0.4) is 0 Å². The SMILES string of the molecule is CC(C)CN1CCN(Sc2cnn(C)n2)CC1c1cc2cnn(-c3ccc(F)cc3)c2cc1Cl. The van der Waals surface area contributed by atoms with Gasteiger partial charge in [0.2, 0.25) is 0 Å². The first kappa shape index (κ1) is 23.3. The first-order valence-electron chi connectivity index (χ1n) is 11.3. The summed E-state index contributed by atoms with van der Waals surface area (Å²) in [5, 5.41) is 15.8. The number of halogens is 2. The molecule has 0 aliphatic carbocycles. The minimum Gasteiger partial charge on any atom is -0.293 e. The second kappa shape index (κ2) is 9.65. The summed E-state index contributed by atoms with van der Waals surface area (Å²) in [6.07, 6.45) is 3.64. The zero-order valence-electron chi connectivity index (χ0n) is 19.4. The molecule has 4 aromatic rings. The van der Waals surface area contributed by atoms with Crippen LogP contribution in [0.1, 0.15) is 25.5 Å². The molecular weight excluding hydrogens is 473 g/mol. The molecule has 1 aliphatic heterocycles. The summed E-state index contributed by atoms with van der Waals surface area (Å²) in [5.74, 6) is 0.275. The van der Waals surface area contributed by atoms with Crippen LogP contribution in [0.15, 0.2) is 53.8 Å². The molecule has 1 atom stereocenters. The molecule has 3 heterocycles. The Morgan fingerprint density at radius 1 is 1.12 bits per heavy atom. The zero-order valence-corrected chi connectivity index (χ0v) is 21.0. The largest absolute Gasteiger partial charge is 0.293 e. The monoisotopic (exact) mass is 499 g/mol. The molecule has 0 bridgehead atoms. The Balaban J connectivity index is 1.47. The minimum atomic E-state index is -0.271. The van der Waals surface area contributed by atoms with Crippen LogP contribution < -0.4 is 0 Å². The van der Waals surface area contributed by atoms with E-state index in [1.165, 1.54) is 12.1 Å². The third-order valence-electron chi connectivity index (χ3n) is 5.97. The quantitative estimate of drug-likeness (QED) is 0.349. The number of hydrogen-bond donors (Lipinski definition) is 0. The van der Waals surface area contributed by atoms with E-state index in [-0.39, 0.29) is 11.9 Å². The summed E-state index contributed by atoms with van der Waals surface area (Å²) >= 11 is 8.55. The van der Waals surface area contributed by atoms with Gasteiger partial charge in [0.15, 0.2) is 5.03 Å². The Bertz CT molecular complexity index is 1290. The van der Waals surface area contributed by atoms with Crippen molar-refractivity contribution in [1.82, 2.24) is 34.0 Å². The third-order valence-corrected chi connectivity index (χ3v) is 7.26. The number of aromatic nitrogens is 5. The van der Waals surface area contributed by atoms with Gasteiger partial charge in [-0.1, -0.05) is 25.4 Å². The Morgan fingerprint density at radius 2 is 1.91 bits per heavy atom. The van der Waals surface area contributed by atoms with E-state index in [9.17, 15) is 4.39 Å². The van der Waals surface area contributed by atoms with E-state index in [1.807, 2.05) is 19.3 Å². The first-order chi connectivity index (χ1) is 16.4. The number of benzene rings is 2. The molecule has 1 unspecified atom stereocenters. The number of piperazine rings is 1. The van der Waals surface area contributed by atoms with Gasteiger partial charge in [0, 0.05) is 49.7 Å². The highest BCUT2D eigenvalue weighted by Gasteiger charge is 2.31. The molecule has 0 radical (unpaired) electrons. The molecule has 0 N–H and O–H groups in total. The minimum absolute atomic E-state index is 0.145. The summed E-state index contributed by atoms with van der Waals surface area (Å²) in [6.45, 7) is 8.19. The predicted molar refractivity (Wildman–Crippen MR) is 134 cm³/mol. The lowest BCUT2D eigenvalue weighted by molar-refractivity contribution is 0.110. The molecule has 10 heteroatoms. The van der Waals surface area contributed by atoms with Gasteiger partial charge in [-0.15, -0.1) is 5.10 Å². The predicted octanol–water partition coefficient (Wildman–Crippen LogP) is 4.97. The van der Waals surface area contributed by atoms with Crippen molar-refractivity contribution >= 4 is 34.5 Å². The van der Waals surface area contributed by atoms with Gasteiger partial charge >= 0.3 is 0 Å². The molecule has 2 aromatic carbocycles. The van der Waals surface area contributed by atoms with Crippen molar-refractivity contribution < 1.29 is 4.39 Å². The standard InChI is InChI=1S/C24H27ClFN7S/c1-16(2)14-31-8-9-32(34-24-13-27-30(3)29-24)15-23(31)20-10-17-12-28-33(22(17)11-21(20)25)19-6-4-18(26)5-7-19/h4-7,10-13,16,23H,8-9,14-15H2,1-3H3. The maximum atomic E-state index is 13.4.